The van der Waals surface area contributed by atoms with Gasteiger partial charge in [0.25, 0.3) is 0 Å². The zero-order chi connectivity index (χ0) is 13.7. The van der Waals surface area contributed by atoms with Crippen LogP contribution in [0, 0.1) is 0 Å². The van der Waals surface area contributed by atoms with E-state index >= 15 is 0 Å². The lowest BCUT2D eigenvalue weighted by Crippen LogP contribution is -2.21. The first-order valence-corrected chi connectivity index (χ1v) is 6.56. The van der Waals surface area contributed by atoms with E-state index in [4.69, 9.17) is 16.0 Å². The molecule has 6 heteroatoms. The van der Waals surface area contributed by atoms with Gasteiger partial charge in [0.2, 0.25) is 5.89 Å². The lowest BCUT2D eigenvalue weighted by molar-refractivity contribution is 0.458. The molecule has 0 spiro atoms. The maximum absolute atomic E-state index is 6.06. The quantitative estimate of drug-likeness (QED) is 0.852. The molecule has 5 nitrogen and oxygen atoms in total. The maximum Gasteiger partial charge on any atom is 0.315 e. The van der Waals surface area contributed by atoms with Crippen molar-refractivity contribution in [2.45, 2.75) is 33.0 Å². The number of hydrogen-bond acceptors (Lipinski definition) is 5. The summed E-state index contributed by atoms with van der Waals surface area (Å²) < 4.78 is 5.46. The van der Waals surface area contributed by atoms with Gasteiger partial charge in [-0.2, -0.15) is 0 Å². The molecular weight excluding hydrogens is 264 g/mol. The molecule has 1 aromatic carbocycles. The van der Waals surface area contributed by atoms with Crippen molar-refractivity contribution in [3.8, 4) is 0 Å². The number of aromatic nitrogens is 2. The molecule has 0 radical (unpaired) electrons. The van der Waals surface area contributed by atoms with Gasteiger partial charge in [0.15, 0.2) is 0 Å². The summed E-state index contributed by atoms with van der Waals surface area (Å²) in [6.07, 6.45) is 0. The molecule has 0 unspecified atom stereocenters. The zero-order valence-electron chi connectivity index (χ0n) is 11.0. The summed E-state index contributed by atoms with van der Waals surface area (Å²) >= 11 is 6.06. The highest BCUT2D eigenvalue weighted by atomic mass is 35.5. The SMILES string of the molecule is CC(C)NCc1nnc(NCc2ccccc2Cl)o1. The monoisotopic (exact) mass is 280 g/mol. The van der Waals surface area contributed by atoms with Crippen LogP contribution in [0.1, 0.15) is 25.3 Å². The highest BCUT2D eigenvalue weighted by molar-refractivity contribution is 6.31. The minimum absolute atomic E-state index is 0.381. The van der Waals surface area contributed by atoms with Crippen LogP contribution in [0.3, 0.4) is 0 Å². The predicted molar refractivity (Wildman–Crippen MR) is 75.1 cm³/mol. The molecule has 19 heavy (non-hydrogen) atoms. The van der Waals surface area contributed by atoms with Gasteiger partial charge in [-0.25, -0.2) is 0 Å². The van der Waals surface area contributed by atoms with Crippen molar-refractivity contribution in [1.29, 1.82) is 0 Å². The molecule has 0 saturated heterocycles. The Morgan fingerprint density at radius 1 is 1.21 bits per heavy atom. The average molecular weight is 281 g/mol. The standard InChI is InChI=1S/C13H17ClN4O/c1-9(2)15-8-12-17-18-13(19-12)16-7-10-5-3-4-6-11(10)14/h3-6,9,15H,7-8H2,1-2H3,(H,16,18). The molecule has 0 amide bonds. The first kappa shape index (κ1) is 13.8. The fourth-order valence-electron chi connectivity index (χ4n) is 1.50. The molecule has 2 aromatic rings. The van der Waals surface area contributed by atoms with Crippen LogP contribution in [-0.2, 0) is 13.1 Å². The smallest absolute Gasteiger partial charge is 0.315 e. The Morgan fingerprint density at radius 3 is 2.74 bits per heavy atom. The van der Waals surface area contributed by atoms with Crippen LogP contribution in [0.25, 0.3) is 0 Å². The molecular formula is C13H17ClN4O. The van der Waals surface area contributed by atoms with E-state index in [9.17, 15) is 0 Å². The van der Waals surface area contributed by atoms with Crippen LogP contribution in [-0.4, -0.2) is 16.2 Å². The van der Waals surface area contributed by atoms with Crippen molar-refractivity contribution >= 4 is 17.6 Å². The van der Waals surface area contributed by atoms with E-state index in [1.807, 2.05) is 24.3 Å². The number of rotatable bonds is 6. The van der Waals surface area contributed by atoms with E-state index in [0.29, 0.717) is 31.0 Å². The first-order valence-electron chi connectivity index (χ1n) is 6.18. The molecule has 0 bridgehead atoms. The van der Waals surface area contributed by atoms with E-state index in [1.54, 1.807) is 0 Å². The predicted octanol–water partition coefficient (Wildman–Crippen LogP) is 2.83. The van der Waals surface area contributed by atoms with Crippen LogP contribution in [0.5, 0.6) is 0 Å². The van der Waals surface area contributed by atoms with Crippen molar-refractivity contribution in [2.24, 2.45) is 0 Å². The molecule has 1 heterocycles. The Hall–Kier alpha value is -1.59. The number of anilines is 1. The van der Waals surface area contributed by atoms with Crippen molar-refractivity contribution in [3.05, 3.63) is 40.7 Å². The number of halogens is 1. The second-order valence-electron chi connectivity index (χ2n) is 4.48. The molecule has 2 rings (SSSR count). The Morgan fingerprint density at radius 2 is 2.00 bits per heavy atom. The number of benzene rings is 1. The topological polar surface area (TPSA) is 63.0 Å². The van der Waals surface area contributed by atoms with Gasteiger partial charge >= 0.3 is 6.01 Å². The van der Waals surface area contributed by atoms with Gasteiger partial charge in [-0.15, -0.1) is 5.10 Å². The first-order chi connectivity index (χ1) is 9.15. The van der Waals surface area contributed by atoms with Gasteiger partial charge in [0.05, 0.1) is 6.54 Å². The summed E-state index contributed by atoms with van der Waals surface area (Å²) in [4.78, 5) is 0. The van der Waals surface area contributed by atoms with E-state index in [0.717, 1.165) is 10.6 Å². The van der Waals surface area contributed by atoms with Gasteiger partial charge in [0, 0.05) is 17.6 Å². The second-order valence-corrected chi connectivity index (χ2v) is 4.89. The van der Waals surface area contributed by atoms with Crippen LogP contribution >= 0.6 is 11.6 Å². The van der Waals surface area contributed by atoms with Crippen molar-refractivity contribution in [2.75, 3.05) is 5.32 Å². The number of nitrogens with zero attached hydrogens (tertiary/aromatic N) is 2. The van der Waals surface area contributed by atoms with E-state index in [1.165, 1.54) is 0 Å². The highest BCUT2D eigenvalue weighted by Crippen LogP contribution is 2.16. The van der Waals surface area contributed by atoms with Gasteiger partial charge in [0.1, 0.15) is 0 Å². The largest absolute Gasteiger partial charge is 0.407 e. The fraction of sp³-hybridized carbons (Fsp3) is 0.385. The Labute approximate surface area is 117 Å². The fourth-order valence-corrected chi connectivity index (χ4v) is 1.70. The molecule has 102 valence electrons. The lowest BCUT2D eigenvalue weighted by Gasteiger charge is -2.04. The Kier molecular flexibility index (Phi) is 4.76. The molecule has 0 atom stereocenters. The Bertz CT molecular complexity index is 527. The minimum Gasteiger partial charge on any atom is -0.407 e. The summed E-state index contributed by atoms with van der Waals surface area (Å²) in [6, 6.07) is 8.42. The van der Waals surface area contributed by atoms with Crippen molar-refractivity contribution in [1.82, 2.24) is 15.5 Å². The van der Waals surface area contributed by atoms with Gasteiger partial charge < -0.3 is 15.1 Å². The Balaban J connectivity index is 1.88. The molecule has 0 aliphatic heterocycles. The van der Waals surface area contributed by atoms with E-state index < -0.39 is 0 Å². The third-order valence-corrected chi connectivity index (χ3v) is 2.89. The molecule has 0 aliphatic carbocycles. The average Bonchev–Trinajstić information content (AvgIpc) is 2.83. The molecule has 0 saturated carbocycles. The van der Waals surface area contributed by atoms with Gasteiger partial charge in [-0.05, 0) is 11.6 Å². The van der Waals surface area contributed by atoms with Crippen LogP contribution < -0.4 is 10.6 Å². The van der Waals surface area contributed by atoms with Crippen LogP contribution in [0.2, 0.25) is 5.02 Å². The van der Waals surface area contributed by atoms with Crippen LogP contribution in [0.4, 0.5) is 6.01 Å². The van der Waals surface area contributed by atoms with Crippen molar-refractivity contribution < 1.29 is 4.42 Å². The summed E-state index contributed by atoms with van der Waals surface area (Å²) in [5, 5.41) is 14.9. The summed E-state index contributed by atoms with van der Waals surface area (Å²) in [5.41, 5.74) is 0.990. The summed E-state index contributed by atoms with van der Waals surface area (Å²) in [7, 11) is 0. The molecule has 0 aliphatic rings. The van der Waals surface area contributed by atoms with Gasteiger partial charge in [-0.3, -0.25) is 0 Å². The minimum atomic E-state index is 0.381. The number of hydrogen-bond donors (Lipinski definition) is 2. The summed E-state index contributed by atoms with van der Waals surface area (Å²) in [5.74, 6) is 0.565. The molecule has 2 N–H and O–H groups in total. The normalized spacial score (nSPS) is 10.9. The van der Waals surface area contributed by atoms with E-state index in [2.05, 4.69) is 34.7 Å². The zero-order valence-corrected chi connectivity index (χ0v) is 11.7. The van der Waals surface area contributed by atoms with Crippen molar-refractivity contribution in [3.63, 3.8) is 0 Å². The molecule has 1 aromatic heterocycles. The third kappa shape index (κ3) is 4.22. The lowest BCUT2D eigenvalue weighted by atomic mass is 10.2. The maximum atomic E-state index is 6.06. The second kappa shape index (κ2) is 6.54. The molecule has 0 fully saturated rings. The van der Waals surface area contributed by atoms with Gasteiger partial charge in [-0.1, -0.05) is 48.7 Å². The highest BCUT2D eigenvalue weighted by Gasteiger charge is 2.06. The third-order valence-electron chi connectivity index (χ3n) is 2.52. The number of nitrogens with one attached hydrogen (secondary N) is 2. The van der Waals surface area contributed by atoms with E-state index in [-0.39, 0.29) is 0 Å². The summed E-state index contributed by atoms with van der Waals surface area (Å²) in [6.45, 7) is 5.25. The van der Waals surface area contributed by atoms with Crippen LogP contribution in [0.15, 0.2) is 28.7 Å².